The first-order valence-electron chi connectivity index (χ1n) is 12.6. The average molecular weight is 477 g/mol. The van der Waals surface area contributed by atoms with Gasteiger partial charge in [0.2, 0.25) is 0 Å². The van der Waals surface area contributed by atoms with Crippen LogP contribution < -0.4 is 5.76 Å². The predicted molar refractivity (Wildman–Crippen MR) is 128 cm³/mol. The molecule has 0 aliphatic heterocycles. The van der Waals surface area contributed by atoms with Gasteiger partial charge in [0.05, 0.1) is 17.6 Å². The van der Waals surface area contributed by atoms with Crippen LogP contribution in [0.4, 0.5) is 0 Å². The first kappa shape index (κ1) is 26.4. The molecule has 1 aromatic heterocycles. The molecule has 2 aliphatic carbocycles. The molecule has 190 valence electrons. The molecule has 34 heavy (non-hydrogen) atoms. The minimum Gasteiger partial charge on any atom is -0.481 e. The lowest BCUT2D eigenvalue weighted by Gasteiger charge is -2.43. The highest BCUT2D eigenvalue weighted by Gasteiger charge is 2.41. The molecule has 0 saturated heterocycles. The molecule has 3 rings (SSSR count). The molecule has 2 unspecified atom stereocenters. The van der Waals surface area contributed by atoms with E-state index in [1.807, 2.05) is 13.8 Å². The normalized spacial score (nSPS) is 30.2. The quantitative estimate of drug-likeness (QED) is 0.382. The van der Waals surface area contributed by atoms with Crippen LogP contribution in [0.3, 0.4) is 0 Å². The summed E-state index contributed by atoms with van der Waals surface area (Å²) in [5.41, 5.74) is 0.626. The molecule has 0 aromatic carbocycles. The highest BCUT2D eigenvalue weighted by Crippen LogP contribution is 2.48. The summed E-state index contributed by atoms with van der Waals surface area (Å²) in [6, 6.07) is 0. The van der Waals surface area contributed by atoms with Crippen molar-refractivity contribution in [3.05, 3.63) is 40.2 Å². The van der Waals surface area contributed by atoms with Crippen molar-refractivity contribution in [2.75, 3.05) is 0 Å². The second kappa shape index (κ2) is 11.0. The van der Waals surface area contributed by atoms with Crippen LogP contribution in [0.1, 0.15) is 72.0 Å². The Kier molecular flexibility index (Phi) is 8.57. The summed E-state index contributed by atoms with van der Waals surface area (Å²) in [6.45, 7) is 8.21. The van der Waals surface area contributed by atoms with Gasteiger partial charge < -0.3 is 15.3 Å². The summed E-state index contributed by atoms with van der Waals surface area (Å²) in [5, 5.41) is 34.2. The van der Waals surface area contributed by atoms with Gasteiger partial charge in [-0.2, -0.15) is 0 Å². The number of aliphatic hydroxyl groups excluding tert-OH is 2. The largest absolute Gasteiger partial charge is 0.481 e. The second-order valence-electron chi connectivity index (χ2n) is 10.8. The SMILES string of the molecule is CCC(C)(CC1C[C@H]2C(=C[C@@H]1C)C=C[C@H](C)[C@@H]2CC[C@@H](O)C[C@@H](O)Cc1noc(=O)[nH]1)C(=O)O. The zero-order valence-electron chi connectivity index (χ0n) is 20.7. The molecule has 8 heteroatoms. The lowest BCUT2D eigenvalue weighted by atomic mass is 9.61. The molecule has 0 fully saturated rings. The van der Waals surface area contributed by atoms with E-state index in [1.54, 1.807) is 0 Å². The van der Waals surface area contributed by atoms with Crippen LogP contribution in [0.5, 0.6) is 0 Å². The Labute approximate surface area is 201 Å². The van der Waals surface area contributed by atoms with Gasteiger partial charge in [0.25, 0.3) is 0 Å². The zero-order valence-corrected chi connectivity index (χ0v) is 20.7. The van der Waals surface area contributed by atoms with Crippen molar-refractivity contribution in [3.63, 3.8) is 0 Å². The van der Waals surface area contributed by atoms with E-state index in [4.69, 9.17) is 0 Å². The Bertz CT molecular complexity index is 949. The summed E-state index contributed by atoms with van der Waals surface area (Å²) in [7, 11) is 0. The molecule has 1 aromatic rings. The molecular formula is C26H40N2O6. The van der Waals surface area contributed by atoms with Crippen molar-refractivity contribution in [1.29, 1.82) is 0 Å². The number of hydrogen-bond donors (Lipinski definition) is 4. The Morgan fingerprint density at radius 2 is 2.03 bits per heavy atom. The maximum absolute atomic E-state index is 11.9. The lowest BCUT2D eigenvalue weighted by Crippen LogP contribution is -2.37. The van der Waals surface area contributed by atoms with Gasteiger partial charge in [-0.1, -0.05) is 44.2 Å². The summed E-state index contributed by atoms with van der Waals surface area (Å²) < 4.78 is 4.45. The highest BCUT2D eigenvalue weighted by atomic mass is 16.5. The molecule has 0 bridgehead atoms. The van der Waals surface area contributed by atoms with Gasteiger partial charge in [-0.25, -0.2) is 4.79 Å². The van der Waals surface area contributed by atoms with E-state index in [1.165, 1.54) is 5.57 Å². The van der Waals surface area contributed by atoms with Crippen molar-refractivity contribution in [2.24, 2.45) is 35.0 Å². The van der Waals surface area contributed by atoms with E-state index in [2.05, 4.69) is 46.7 Å². The van der Waals surface area contributed by atoms with Crippen LogP contribution in [0, 0.1) is 35.0 Å². The first-order valence-corrected chi connectivity index (χ1v) is 12.6. The molecule has 1 heterocycles. The third kappa shape index (κ3) is 6.27. The molecule has 0 amide bonds. The number of carboxylic acids is 1. The molecule has 0 saturated carbocycles. The van der Waals surface area contributed by atoms with Gasteiger partial charge >= 0.3 is 11.7 Å². The minimum atomic E-state index is -0.822. The van der Waals surface area contributed by atoms with Crippen LogP contribution in [-0.4, -0.2) is 43.6 Å². The lowest BCUT2D eigenvalue weighted by molar-refractivity contribution is -0.149. The number of H-pyrrole nitrogens is 1. The fraction of sp³-hybridized carbons (Fsp3) is 0.731. The van der Waals surface area contributed by atoms with E-state index in [9.17, 15) is 24.9 Å². The maximum Gasteiger partial charge on any atom is 0.438 e. The summed E-state index contributed by atoms with van der Waals surface area (Å²) in [4.78, 5) is 25.4. The molecule has 0 radical (unpaired) electrons. The van der Waals surface area contributed by atoms with E-state index in [0.717, 1.165) is 12.8 Å². The van der Waals surface area contributed by atoms with Crippen molar-refractivity contribution in [2.45, 2.75) is 84.8 Å². The van der Waals surface area contributed by atoms with E-state index >= 15 is 0 Å². The fourth-order valence-corrected chi connectivity index (χ4v) is 5.78. The molecular weight excluding hydrogens is 436 g/mol. The molecule has 2 aliphatic rings. The van der Waals surface area contributed by atoms with Gasteiger partial charge in [0.15, 0.2) is 5.82 Å². The van der Waals surface area contributed by atoms with Crippen LogP contribution in [0.15, 0.2) is 33.1 Å². The number of aliphatic hydroxyl groups is 2. The topological polar surface area (TPSA) is 137 Å². The van der Waals surface area contributed by atoms with Gasteiger partial charge in [0.1, 0.15) is 0 Å². The number of fused-ring (bicyclic) bond motifs is 1. The number of nitrogens with one attached hydrogen (secondary N) is 1. The summed E-state index contributed by atoms with van der Waals surface area (Å²) >= 11 is 0. The van der Waals surface area contributed by atoms with Gasteiger partial charge in [0, 0.05) is 6.42 Å². The Balaban J connectivity index is 1.61. The smallest absolute Gasteiger partial charge is 0.438 e. The Morgan fingerprint density at radius 1 is 1.29 bits per heavy atom. The van der Waals surface area contributed by atoms with Crippen molar-refractivity contribution >= 4 is 5.97 Å². The van der Waals surface area contributed by atoms with Crippen LogP contribution >= 0.6 is 0 Å². The molecule has 4 N–H and O–H groups in total. The number of aliphatic carboxylic acids is 1. The first-order chi connectivity index (χ1) is 16.0. The van der Waals surface area contributed by atoms with Crippen molar-refractivity contribution in [3.8, 4) is 0 Å². The standard InChI is InChI=1S/C26H40N2O6/c1-5-26(4,24(31)32)14-18-11-22-17(10-16(18)3)7-6-15(2)21(22)9-8-19(29)12-20(30)13-23-27-25(33)34-28-23/h6-7,10,15-16,18-22,29-30H,5,8-9,11-14H2,1-4H3,(H,31,32)(H,27,28,33)/t15-,16-,18?,19+,20+,21-,22-,26?/m0/s1. The van der Waals surface area contributed by atoms with E-state index < -0.39 is 29.3 Å². The summed E-state index contributed by atoms with van der Waals surface area (Å²) in [6.07, 6.45) is 9.29. The number of nitrogens with zero attached hydrogens (tertiary/aromatic N) is 1. The number of allylic oxidation sites excluding steroid dienone is 4. The number of carboxylic acid groups (broad SMARTS) is 1. The van der Waals surface area contributed by atoms with Crippen molar-refractivity contribution < 1.29 is 24.6 Å². The zero-order chi connectivity index (χ0) is 25.0. The Hall–Kier alpha value is -2.19. The number of hydrogen-bond acceptors (Lipinski definition) is 6. The Morgan fingerprint density at radius 3 is 2.65 bits per heavy atom. The van der Waals surface area contributed by atoms with Gasteiger partial charge in [-0.3, -0.25) is 14.3 Å². The third-order valence-corrected chi connectivity index (χ3v) is 8.27. The number of rotatable bonds is 11. The molecule has 0 spiro atoms. The molecule has 8 atom stereocenters. The highest BCUT2D eigenvalue weighted by molar-refractivity contribution is 5.74. The van der Waals surface area contributed by atoms with E-state index in [0.29, 0.717) is 48.9 Å². The number of aromatic nitrogens is 2. The summed E-state index contributed by atoms with van der Waals surface area (Å²) in [5.74, 6) is 0.622. The predicted octanol–water partition coefficient (Wildman–Crippen LogP) is 3.71. The number of aromatic amines is 1. The van der Waals surface area contributed by atoms with Crippen LogP contribution in [-0.2, 0) is 11.2 Å². The average Bonchev–Trinajstić information content (AvgIpc) is 3.17. The van der Waals surface area contributed by atoms with E-state index in [-0.39, 0.29) is 18.7 Å². The minimum absolute atomic E-state index is 0.125. The van der Waals surface area contributed by atoms with Gasteiger partial charge in [-0.15, -0.1) is 0 Å². The van der Waals surface area contributed by atoms with Crippen LogP contribution in [0.25, 0.3) is 0 Å². The number of carbonyl (C=O) groups is 1. The monoisotopic (exact) mass is 476 g/mol. The van der Waals surface area contributed by atoms with Crippen LogP contribution in [0.2, 0.25) is 0 Å². The maximum atomic E-state index is 11.9. The second-order valence-corrected chi connectivity index (χ2v) is 10.8. The van der Waals surface area contributed by atoms with Crippen molar-refractivity contribution in [1.82, 2.24) is 10.1 Å². The fourth-order valence-electron chi connectivity index (χ4n) is 5.78. The third-order valence-electron chi connectivity index (χ3n) is 8.27. The molecule has 8 nitrogen and oxygen atoms in total. The van der Waals surface area contributed by atoms with Gasteiger partial charge in [-0.05, 0) is 80.6 Å².